The van der Waals surface area contributed by atoms with Crippen LogP contribution in [0.15, 0.2) is 18.3 Å². The number of likely N-dealkylation sites (tertiary alicyclic amines) is 1. The van der Waals surface area contributed by atoms with Gasteiger partial charge in [-0.2, -0.15) is 0 Å². The van der Waals surface area contributed by atoms with Crippen LogP contribution in [0, 0.1) is 5.92 Å². The number of anilines is 1. The minimum atomic E-state index is -0.623. The summed E-state index contributed by atoms with van der Waals surface area (Å²) in [5.41, 5.74) is 2.17. The van der Waals surface area contributed by atoms with E-state index >= 15 is 0 Å². The molecule has 152 valence electrons. The van der Waals surface area contributed by atoms with Crippen molar-refractivity contribution in [2.45, 2.75) is 51.0 Å². The Morgan fingerprint density at radius 2 is 2.07 bits per heavy atom. The van der Waals surface area contributed by atoms with E-state index in [0.29, 0.717) is 35.3 Å². The lowest BCUT2D eigenvalue weighted by atomic mass is 9.87. The second-order valence-corrected chi connectivity index (χ2v) is 7.99. The molecule has 1 saturated carbocycles. The second-order valence-electron chi connectivity index (χ2n) is 7.59. The number of halogens is 1. The van der Waals surface area contributed by atoms with Crippen LogP contribution in [0.2, 0.25) is 5.02 Å². The van der Waals surface area contributed by atoms with Crippen molar-refractivity contribution < 1.29 is 14.8 Å². The lowest BCUT2D eigenvalue weighted by Crippen LogP contribution is -2.33. The first kappa shape index (κ1) is 20.6. The second kappa shape index (κ2) is 9.89. The van der Waals surface area contributed by atoms with Crippen LogP contribution in [0.5, 0.6) is 0 Å². The van der Waals surface area contributed by atoms with Gasteiger partial charge in [-0.15, -0.1) is 0 Å². The fraction of sp³-hybridized carbons (Fsp3) is 0.550. The number of amides is 2. The molecule has 1 aliphatic carbocycles. The normalized spacial score (nSPS) is 20.5. The average Bonchev–Trinajstić information content (AvgIpc) is 3.17. The van der Waals surface area contributed by atoms with Crippen molar-refractivity contribution in [2.24, 2.45) is 5.92 Å². The lowest BCUT2D eigenvalue weighted by Gasteiger charge is -2.24. The third kappa shape index (κ3) is 5.69. The van der Waals surface area contributed by atoms with Crippen LogP contribution in [0.25, 0.3) is 6.08 Å². The lowest BCUT2D eigenvalue weighted by molar-refractivity contribution is -0.131. The summed E-state index contributed by atoms with van der Waals surface area (Å²) in [5.74, 6) is 0.759. The van der Waals surface area contributed by atoms with E-state index in [0.717, 1.165) is 13.0 Å². The van der Waals surface area contributed by atoms with Crippen LogP contribution in [-0.4, -0.2) is 46.0 Å². The molecule has 1 atom stereocenters. The predicted octanol–water partition coefficient (Wildman–Crippen LogP) is 3.24. The molecule has 0 aromatic carbocycles. The molecule has 0 unspecified atom stereocenters. The summed E-state index contributed by atoms with van der Waals surface area (Å²) in [6.07, 6.45) is 12.0. The number of nitrogens with zero attached hydrogens (tertiary/aromatic N) is 2. The van der Waals surface area contributed by atoms with E-state index in [1.807, 2.05) is 4.90 Å². The van der Waals surface area contributed by atoms with Gasteiger partial charge in [0.05, 0.1) is 5.02 Å². The minimum Gasteiger partial charge on any atom is -0.364 e. The zero-order valence-electron chi connectivity index (χ0n) is 15.9. The standard InChI is InChI=1S/C20H27ClN4O3/c21-17-10-15(6-7-18(26)24-28)12-22-20(17)23-16-8-9-25(13-16)19(27)11-14-4-2-1-3-5-14/h6-7,10,12,14,16,28H,1-5,8-9,11,13H2,(H,22,23)(H,24,26)/b7-6+/t16-/m1/s1. The van der Waals surface area contributed by atoms with Crippen molar-refractivity contribution in [3.8, 4) is 0 Å². The minimum absolute atomic E-state index is 0.127. The molecule has 2 aliphatic rings. The van der Waals surface area contributed by atoms with Crippen molar-refractivity contribution in [3.63, 3.8) is 0 Å². The number of hydroxylamine groups is 1. The number of aromatic nitrogens is 1. The van der Waals surface area contributed by atoms with Crippen molar-refractivity contribution in [1.82, 2.24) is 15.4 Å². The molecule has 0 spiro atoms. The number of hydrogen-bond acceptors (Lipinski definition) is 5. The molecule has 1 aromatic rings. The maximum absolute atomic E-state index is 12.6. The van der Waals surface area contributed by atoms with Gasteiger partial charge < -0.3 is 10.2 Å². The summed E-state index contributed by atoms with van der Waals surface area (Å²) < 4.78 is 0. The third-order valence-electron chi connectivity index (χ3n) is 5.47. The Bertz CT molecular complexity index is 734. The predicted molar refractivity (Wildman–Crippen MR) is 108 cm³/mol. The molecule has 28 heavy (non-hydrogen) atoms. The summed E-state index contributed by atoms with van der Waals surface area (Å²) >= 11 is 6.30. The van der Waals surface area contributed by atoms with E-state index in [-0.39, 0.29) is 11.9 Å². The number of pyridine rings is 1. The van der Waals surface area contributed by atoms with Crippen molar-refractivity contribution >= 4 is 35.3 Å². The number of rotatable bonds is 6. The highest BCUT2D eigenvalue weighted by Gasteiger charge is 2.28. The van der Waals surface area contributed by atoms with Crippen molar-refractivity contribution in [2.75, 3.05) is 18.4 Å². The molecule has 2 fully saturated rings. The van der Waals surface area contributed by atoms with Crippen LogP contribution in [0.3, 0.4) is 0 Å². The van der Waals surface area contributed by atoms with E-state index in [1.54, 1.807) is 12.3 Å². The summed E-state index contributed by atoms with van der Waals surface area (Å²) in [6.45, 7) is 1.43. The van der Waals surface area contributed by atoms with E-state index in [2.05, 4.69) is 10.3 Å². The number of nitrogens with one attached hydrogen (secondary N) is 2. The Balaban J connectivity index is 1.51. The average molecular weight is 407 g/mol. The maximum atomic E-state index is 12.6. The van der Waals surface area contributed by atoms with Crippen molar-refractivity contribution in [1.29, 1.82) is 0 Å². The Kier molecular flexibility index (Phi) is 7.28. The fourth-order valence-corrected chi connectivity index (χ4v) is 4.15. The highest BCUT2D eigenvalue weighted by molar-refractivity contribution is 6.33. The molecule has 3 rings (SSSR count). The molecule has 8 heteroatoms. The monoisotopic (exact) mass is 406 g/mol. The van der Waals surface area contributed by atoms with Gasteiger partial charge >= 0.3 is 0 Å². The van der Waals surface area contributed by atoms with Gasteiger partial charge in [-0.25, -0.2) is 10.5 Å². The van der Waals surface area contributed by atoms with Crippen molar-refractivity contribution in [3.05, 3.63) is 28.9 Å². The molecule has 1 aliphatic heterocycles. The third-order valence-corrected chi connectivity index (χ3v) is 5.76. The van der Waals surface area contributed by atoms with Gasteiger partial charge in [0.2, 0.25) is 5.91 Å². The maximum Gasteiger partial charge on any atom is 0.267 e. The quantitative estimate of drug-likeness (QED) is 0.383. The molecule has 2 amide bonds. The largest absolute Gasteiger partial charge is 0.364 e. The van der Waals surface area contributed by atoms with Crippen LogP contribution >= 0.6 is 11.6 Å². The van der Waals surface area contributed by atoms with Gasteiger partial charge in [0.15, 0.2) is 0 Å². The molecule has 0 bridgehead atoms. The van der Waals surface area contributed by atoms with Gasteiger partial charge in [0.1, 0.15) is 5.82 Å². The molecule has 0 radical (unpaired) electrons. The highest BCUT2D eigenvalue weighted by Crippen LogP contribution is 2.28. The van der Waals surface area contributed by atoms with Crippen LogP contribution in [-0.2, 0) is 9.59 Å². The van der Waals surface area contributed by atoms with E-state index in [9.17, 15) is 9.59 Å². The molecule has 3 N–H and O–H groups in total. The Morgan fingerprint density at radius 1 is 1.29 bits per heavy atom. The summed E-state index contributed by atoms with van der Waals surface area (Å²) in [7, 11) is 0. The van der Waals surface area contributed by atoms with E-state index in [4.69, 9.17) is 16.8 Å². The molecule has 2 heterocycles. The van der Waals surface area contributed by atoms with E-state index in [1.165, 1.54) is 49.7 Å². The SMILES string of the molecule is O=C(/C=C/c1cnc(N[C@@H]2CCN(C(=O)CC3CCCCC3)C2)c(Cl)c1)NO. The van der Waals surface area contributed by atoms with Crippen LogP contribution in [0.1, 0.15) is 50.5 Å². The summed E-state index contributed by atoms with van der Waals surface area (Å²) in [5, 5.41) is 12.3. The number of carbonyl (C=O) groups excluding carboxylic acids is 2. The van der Waals surface area contributed by atoms with Crippen LogP contribution in [0.4, 0.5) is 5.82 Å². The van der Waals surface area contributed by atoms with Gasteiger partial charge in [0, 0.05) is 37.8 Å². The zero-order valence-corrected chi connectivity index (χ0v) is 16.6. The summed E-state index contributed by atoms with van der Waals surface area (Å²) in [6, 6.07) is 1.82. The Morgan fingerprint density at radius 3 is 2.79 bits per heavy atom. The van der Waals surface area contributed by atoms with E-state index < -0.39 is 5.91 Å². The highest BCUT2D eigenvalue weighted by atomic mass is 35.5. The fourth-order valence-electron chi connectivity index (χ4n) is 3.92. The van der Waals surface area contributed by atoms with Gasteiger partial charge in [-0.1, -0.05) is 30.9 Å². The Labute approximate surface area is 170 Å². The first-order valence-corrected chi connectivity index (χ1v) is 10.2. The number of carbonyl (C=O) groups is 2. The smallest absolute Gasteiger partial charge is 0.267 e. The molecule has 1 saturated heterocycles. The molecular formula is C20H27ClN4O3. The van der Waals surface area contributed by atoms with Crippen LogP contribution < -0.4 is 10.8 Å². The van der Waals surface area contributed by atoms with Gasteiger partial charge in [0.25, 0.3) is 5.91 Å². The topological polar surface area (TPSA) is 94.6 Å². The first-order chi connectivity index (χ1) is 13.5. The van der Waals surface area contributed by atoms with Gasteiger partial charge in [-0.3, -0.25) is 14.8 Å². The Hall–Kier alpha value is -2.12. The first-order valence-electron chi connectivity index (χ1n) is 9.87. The number of hydrogen-bond donors (Lipinski definition) is 3. The zero-order chi connectivity index (χ0) is 19.9. The van der Waals surface area contributed by atoms with Gasteiger partial charge in [-0.05, 0) is 42.9 Å². The molecular weight excluding hydrogens is 380 g/mol. The molecule has 7 nitrogen and oxygen atoms in total. The molecule has 1 aromatic heterocycles. The summed E-state index contributed by atoms with van der Waals surface area (Å²) in [4.78, 5) is 29.9.